The van der Waals surface area contributed by atoms with Gasteiger partial charge in [0.1, 0.15) is 0 Å². The summed E-state index contributed by atoms with van der Waals surface area (Å²) in [6.45, 7) is 2.53. The molecule has 2 rings (SSSR count). The second-order valence-corrected chi connectivity index (χ2v) is 5.41. The van der Waals surface area contributed by atoms with E-state index in [9.17, 15) is 13.2 Å². The number of rotatable bonds is 2. The molecule has 2 aliphatic rings. The quantitative estimate of drug-likeness (QED) is 0.810. The zero-order chi connectivity index (χ0) is 12.4. The number of hydrogen-bond donors (Lipinski definition) is 1. The van der Waals surface area contributed by atoms with Gasteiger partial charge in [0, 0.05) is 31.7 Å². The van der Waals surface area contributed by atoms with Gasteiger partial charge < -0.3 is 5.32 Å². The number of nitrogens with one attached hydrogen (secondary N) is 1. The van der Waals surface area contributed by atoms with Gasteiger partial charge in [0.2, 0.25) is 0 Å². The van der Waals surface area contributed by atoms with E-state index in [1.807, 2.05) is 4.90 Å². The molecule has 2 fully saturated rings. The largest absolute Gasteiger partial charge is 0.390 e. The summed E-state index contributed by atoms with van der Waals surface area (Å²) in [5, 5.41) is 3.54. The van der Waals surface area contributed by atoms with Crippen LogP contribution in [0, 0.1) is 0 Å². The van der Waals surface area contributed by atoms with Crippen LogP contribution in [0.5, 0.6) is 0 Å². The monoisotopic (exact) mass is 250 g/mol. The SMILES string of the molecule is FC(F)(F)CCN1CCNC2(CCCCC2)C1. The van der Waals surface area contributed by atoms with E-state index in [1.165, 1.54) is 19.3 Å². The van der Waals surface area contributed by atoms with E-state index in [0.29, 0.717) is 0 Å². The predicted molar refractivity (Wildman–Crippen MR) is 60.9 cm³/mol. The fraction of sp³-hybridized carbons (Fsp3) is 1.00. The van der Waals surface area contributed by atoms with Crippen LogP contribution < -0.4 is 5.32 Å². The molecule has 1 spiro atoms. The summed E-state index contributed by atoms with van der Waals surface area (Å²) in [4.78, 5) is 1.98. The maximum absolute atomic E-state index is 12.2. The maximum Gasteiger partial charge on any atom is 0.390 e. The van der Waals surface area contributed by atoms with Crippen molar-refractivity contribution in [1.29, 1.82) is 0 Å². The predicted octanol–water partition coefficient (Wildman–Crippen LogP) is 2.55. The fourth-order valence-corrected chi connectivity index (χ4v) is 3.08. The molecule has 100 valence electrons. The van der Waals surface area contributed by atoms with Crippen molar-refractivity contribution in [3.63, 3.8) is 0 Å². The minimum Gasteiger partial charge on any atom is -0.309 e. The Labute approximate surface area is 101 Å². The van der Waals surface area contributed by atoms with Gasteiger partial charge in [0.15, 0.2) is 0 Å². The summed E-state index contributed by atoms with van der Waals surface area (Å²) in [5.74, 6) is 0. The highest BCUT2D eigenvalue weighted by atomic mass is 19.4. The van der Waals surface area contributed by atoms with E-state index < -0.39 is 12.6 Å². The van der Waals surface area contributed by atoms with Crippen LogP contribution in [0.4, 0.5) is 13.2 Å². The van der Waals surface area contributed by atoms with Crippen LogP contribution in [-0.4, -0.2) is 42.8 Å². The molecule has 0 aromatic carbocycles. The maximum atomic E-state index is 12.2. The zero-order valence-electron chi connectivity index (χ0n) is 10.2. The number of halogens is 3. The van der Waals surface area contributed by atoms with E-state index >= 15 is 0 Å². The third-order valence-electron chi connectivity index (χ3n) is 3.98. The third kappa shape index (κ3) is 3.85. The van der Waals surface area contributed by atoms with Crippen molar-refractivity contribution in [3.05, 3.63) is 0 Å². The normalized spacial score (nSPS) is 26.3. The molecule has 1 N–H and O–H groups in total. The molecule has 1 saturated carbocycles. The Balaban J connectivity index is 1.84. The number of alkyl halides is 3. The first-order valence-electron chi connectivity index (χ1n) is 6.53. The first kappa shape index (κ1) is 13.1. The Hall–Kier alpha value is -0.290. The summed E-state index contributed by atoms with van der Waals surface area (Å²) < 4.78 is 36.6. The van der Waals surface area contributed by atoms with Crippen LogP contribution in [0.25, 0.3) is 0 Å². The van der Waals surface area contributed by atoms with Crippen molar-refractivity contribution in [1.82, 2.24) is 10.2 Å². The van der Waals surface area contributed by atoms with Crippen LogP contribution in [0.3, 0.4) is 0 Å². The lowest BCUT2D eigenvalue weighted by Gasteiger charge is -2.46. The zero-order valence-corrected chi connectivity index (χ0v) is 10.2. The highest BCUT2D eigenvalue weighted by Gasteiger charge is 2.37. The molecule has 0 aromatic rings. The van der Waals surface area contributed by atoms with Crippen LogP contribution in [0.1, 0.15) is 38.5 Å². The molecule has 1 aliphatic carbocycles. The molecule has 0 aromatic heterocycles. The van der Waals surface area contributed by atoms with Crippen LogP contribution in [-0.2, 0) is 0 Å². The standard InChI is InChI=1S/C12H21F3N2/c13-12(14,15)6-8-17-9-7-16-11(10-17)4-2-1-3-5-11/h16H,1-10H2. The number of piperazine rings is 1. The van der Waals surface area contributed by atoms with Crippen LogP contribution in [0.2, 0.25) is 0 Å². The Bertz CT molecular complexity index is 241. The minimum atomic E-state index is -4.02. The molecular weight excluding hydrogens is 229 g/mol. The van der Waals surface area contributed by atoms with Gasteiger partial charge in [0.05, 0.1) is 6.42 Å². The summed E-state index contributed by atoms with van der Waals surface area (Å²) in [5.41, 5.74) is 0.113. The summed E-state index contributed by atoms with van der Waals surface area (Å²) >= 11 is 0. The molecule has 1 heterocycles. The molecule has 5 heteroatoms. The van der Waals surface area contributed by atoms with Gasteiger partial charge >= 0.3 is 6.18 Å². The van der Waals surface area contributed by atoms with Crippen molar-refractivity contribution in [3.8, 4) is 0 Å². The second-order valence-electron chi connectivity index (χ2n) is 5.41. The molecule has 1 aliphatic heterocycles. The lowest BCUT2D eigenvalue weighted by molar-refractivity contribution is -0.139. The van der Waals surface area contributed by atoms with Crippen molar-refractivity contribution >= 4 is 0 Å². The Kier molecular flexibility index (Phi) is 3.98. The molecule has 17 heavy (non-hydrogen) atoms. The van der Waals surface area contributed by atoms with Crippen molar-refractivity contribution in [2.75, 3.05) is 26.2 Å². The van der Waals surface area contributed by atoms with Crippen LogP contribution >= 0.6 is 0 Å². The van der Waals surface area contributed by atoms with Crippen LogP contribution in [0.15, 0.2) is 0 Å². The summed E-state index contributed by atoms with van der Waals surface area (Å²) in [6, 6.07) is 0. The number of nitrogens with zero attached hydrogens (tertiary/aromatic N) is 1. The molecule has 0 amide bonds. The van der Waals surface area contributed by atoms with E-state index in [1.54, 1.807) is 0 Å². The molecule has 0 unspecified atom stereocenters. The second kappa shape index (κ2) is 5.14. The summed E-state index contributed by atoms with van der Waals surface area (Å²) in [6.07, 6.45) is 1.23. The van der Waals surface area contributed by atoms with Crippen molar-refractivity contribution < 1.29 is 13.2 Å². The summed E-state index contributed by atoms with van der Waals surface area (Å²) in [7, 11) is 0. The highest BCUT2D eigenvalue weighted by molar-refractivity contribution is 4.96. The van der Waals surface area contributed by atoms with Crippen molar-refractivity contribution in [2.45, 2.75) is 50.2 Å². The minimum absolute atomic E-state index is 0.113. The molecule has 0 radical (unpaired) electrons. The van der Waals surface area contributed by atoms with Gasteiger partial charge in [-0.3, -0.25) is 4.90 Å². The Morgan fingerprint density at radius 1 is 1.12 bits per heavy atom. The van der Waals surface area contributed by atoms with E-state index in [2.05, 4.69) is 5.32 Å². The van der Waals surface area contributed by atoms with E-state index in [-0.39, 0.29) is 12.1 Å². The fourth-order valence-electron chi connectivity index (χ4n) is 3.08. The van der Waals surface area contributed by atoms with Gasteiger partial charge in [-0.25, -0.2) is 0 Å². The van der Waals surface area contributed by atoms with Gasteiger partial charge in [-0.05, 0) is 12.8 Å². The molecule has 1 saturated heterocycles. The lowest BCUT2D eigenvalue weighted by atomic mass is 9.80. The molecule has 0 bridgehead atoms. The molecule has 0 atom stereocenters. The molecular formula is C12H21F3N2. The smallest absolute Gasteiger partial charge is 0.309 e. The van der Waals surface area contributed by atoms with Gasteiger partial charge in [-0.15, -0.1) is 0 Å². The topological polar surface area (TPSA) is 15.3 Å². The van der Waals surface area contributed by atoms with Crippen molar-refractivity contribution in [2.24, 2.45) is 0 Å². The third-order valence-corrected chi connectivity index (χ3v) is 3.98. The lowest BCUT2D eigenvalue weighted by Crippen LogP contribution is -2.61. The van der Waals surface area contributed by atoms with Gasteiger partial charge in [-0.1, -0.05) is 19.3 Å². The highest BCUT2D eigenvalue weighted by Crippen LogP contribution is 2.31. The first-order valence-corrected chi connectivity index (χ1v) is 6.53. The average Bonchev–Trinajstić information content (AvgIpc) is 2.27. The van der Waals surface area contributed by atoms with E-state index in [0.717, 1.165) is 32.5 Å². The Morgan fingerprint density at radius 2 is 1.82 bits per heavy atom. The van der Waals surface area contributed by atoms with E-state index in [4.69, 9.17) is 0 Å². The van der Waals surface area contributed by atoms with Gasteiger partial charge in [-0.2, -0.15) is 13.2 Å². The molecule has 2 nitrogen and oxygen atoms in total. The number of hydrogen-bond acceptors (Lipinski definition) is 2. The van der Waals surface area contributed by atoms with Gasteiger partial charge in [0.25, 0.3) is 0 Å². The average molecular weight is 250 g/mol. The Morgan fingerprint density at radius 3 is 2.47 bits per heavy atom. The first-order chi connectivity index (χ1) is 7.99.